The summed E-state index contributed by atoms with van der Waals surface area (Å²) in [6, 6.07) is 1.77. The zero-order chi connectivity index (χ0) is 15.1. The molecule has 0 aliphatic rings. The summed E-state index contributed by atoms with van der Waals surface area (Å²) in [6.45, 7) is 3.74. The van der Waals surface area contributed by atoms with Crippen LogP contribution in [0.3, 0.4) is 0 Å². The maximum absolute atomic E-state index is 11.8. The summed E-state index contributed by atoms with van der Waals surface area (Å²) < 4.78 is 14.7. The summed E-state index contributed by atoms with van der Waals surface area (Å²) >= 11 is 0. The third-order valence-electron chi connectivity index (χ3n) is 2.44. The number of nitrogens with zero attached hydrogens (tertiary/aromatic N) is 1. The molecule has 1 rings (SSSR count). The lowest BCUT2D eigenvalue weighted by molar-refractivity contribution is -0.144. The summed E-state index contributed by atoms with van der Waals surface area (Å²) in [7, 11) is 1.42. The van der Waals surface area contributed by atoms with Crippen molar-refractivity contribution in [2.24, 2.45) is 5.73 Å². The van der Waals surface area contributed by atoms with Crippen molar-refractivity contribution < 1.29 is 23.8 Å². The van der Waals surface area contributed by atoms with Crippen LogP contribution in [0.25, 0.3) is 0 Å². The van der Waals surface area contributed by atoms with Crippen molar-refractivity contribution >= 4 is 11.9 Å². The number of hydrogen-bond acceptors (Lipinski definition) is 7. The van der Waals surface area contributed by atoms with E-state index in [4.69, 9.17) is 19.9 Å². The minimum Gasteiger partial charge on any atom is -0.481 e. The Morgan fingerprint density at radius 2 is 1.90 bits per heavy atom. The molecule has 1 aromatic rings. The van der Waals surface area contributed by atoms with Crippen LogP contribution in [-0.2, 0) is 14.3 Å². The van der Waals surface area contributed by atoms with Gasteiger partial charge in [0, 0.05) is 6.07 Å². The van der Waals surface area contributed by atoms with Crippen molar-refractivity contribution in [1.29, 1.82) is 0 Å². The second kappa shape index (κ2) is 7.44. The molecule has 0 saturated carbocycles. The lowest BCUT2D eigenvalue weighted by Crippen LogP contribution is -2.27. The van der Waals surface area contributed by atoms with E-state index in [1.165, 1.54) is 19.2 Å². The Bertz CT molecular complexity index is 490. The minimum atomic E-state index is -1.18. The number of hydrogen-bond donors (Lipinski definition) is 1. The quantitative estimate of drug-likeness (QED) is 0.771. The Morgan fingerprint density at radius 3 is 2.45 bits per heavy atom. The van der Waals surface area contributed by atoms with E-state index in [1.807, 2.05) is 0 Å². The van der Waals surface area contributed by atoms with Gasteiger partial charge in [-0.1, -0.05) is 0 Å². The van der Waals surface area contributed by atoms with E-state index < -0.39 is 18.0 Å². The van der Waals surface area contributed by atoms with Crippen LogP contribution in [0.15, 0.2) is 12.1 Å². The molecular formula is C13H18N2O5. The van der Waals surface area contributed by atoms with E-state index in [2.05, 4.69) is 4.98 Å². The predicted molar refractivity (Wildman–Crippen MR) is 70.3 cm³/mol. The fraction of sp³-hybridized carbons (Fsp3) is 0.462. The molecule has 20 heavy (non-hydrogen) atoms. The number of carbonyl (C=O) groups is 2. The second-order valence-corrected chi connectivity index (χ2v) is 3.74. The van der Waals surface area contributed by atoms with Gasteiger partial charge in [0.05, 0.1) is 31.6 Å². The molecule has 7 nitrogen and oxygen atoms in total. The zero-order valence-corrected chi connectivity index (χ0v) is 11.7. The van der Waals surface area contributed by atoms with Gasteiger partial charge in [-0.25, -0.2) is 14.6 Å². The van der Waals surface area contributed by atoms with Gasteiger partial charge >= 0.3 is 11.9 Å². The van der Waals surface area contributed by atoms with E-state index in [0.717, 1.165) is 0 Å². The smallest absolute Gasteiger partial charge is 0.340 e. The molecule has 0 aromatic carbocycles. The standard InChI is InChI=1S/C13H18N2O5/c1-4-19-12(16)8-6-7-9(18-3)15-11(8)10(14)13(17)20-5-2/h6-7,10H,4-5,14H2,1-3H3. The monoisotopic (exact) mass is 282 g/mol. The molecule has 110 valence electrons. The zero-order valence-electron chi connectivity index (χ0n) is 11.7. The average molecular weight is 282 g/mol. The first kappa shape index (κ1) is 15.9. The Hall–Kier alpha value is -2.15. The number of aromatic nitrogens is 1. The van der Waals surface area contributed by atoms with Gasteiger partial charge in [0.25, 0.3) is 0 Å². The predicted octanol–water partition coefficient (Wildman–Crippen LogP) is 0.830. The topological polar surface area (TPSA) is 101 Å². The van der Waals surface area contributed by atoms with Crippen molar-refractivity contribution in [3.63, 3.8) is 0 Å². The first-order valence-electron chi connectivity index (χ1n) is 6.19. The normalized spacial score (nSPS) is 11.6. The van der Waals surface area contributed by atoms with Crippen LogP contribution < -0.4 is 10.5 Å². The maximum Gasteiger partial charge on any atom is 0.340 e. The van der Waals surface area contributed by atoms with E-state index in [1.54, 1.807) is 13.8 Å². The molecule has 0 saturated heterocycles. The van der Waals surface area contributed by atoms with Crippen molar-refractivity contribution in [3.8, 4) is 5.88 Å². The van der Waals surface area contributed by atoms with Gasteiger partial charge in [-0.05, 0) is 19.9 Å². The molecule has 0 bridgehead atoms. The maximum atomic E-state index is 11.8. The van der Waals surface area contributed by atoms with Gasteiger partial charge in [-0.2, -0.15) is 0 Å². The van der Waals surface area contributed by atoms with E-state index in [9.17, 15) is 9.59 Å². The summed E-state index contributed by atoms with van der Waals surface area (Å²) in [5, 5.41) is 0. The Morgan fingerprint density at radius 1 is 1.25 bits per heavy atom. The molecular weight excluding hydrogens is 264 g/mol. The Kier molecular flexibility index (Phi) is 5.92. The fourth-order valence-electron chi connectivity index (χ4n) is 1.53. The number of rotatable bonds is 6. The highest BCUT2D eigenvalue weighted by molar-refractivity contribution is 5.93. The lowest BCUT2D eigenvalue weighted by atomic mass is 10.1. The number of pyridine rings is 1. The van der Waals surface area contributed by atoms with E-state index in [-0.39, 0.29) is 30.4 Å². The second-order valence-electron chi connectivity index (χ2n) is 3.74. The largest absolute Gasteiger partial charge is 0.481 e. The van der Waals surface area contributed by atoms with Crippen LogP contribution in [-0.4, -0.2) is 37.2 Å². The fourth-order valence-corrected chi connectivity index (χ4v) is 1.53. The van der Waals surface area contributed by atoms with Gasteiger partial charge in [0.15, 0.2) is 0 Å². The van der Waals surface area contributed by atoms with Crippen LogP contribution in [0, 0.1) is 0 Å². The lowest BCUT2D eigenvalue weighted by Gasteiger charge is -2.14. The highest BCUT2D eigenvalue weighted by Gasteiger charge is 2.26. The minimum absolute atomic E-state index is 0.0706. The first-order valence-corrected chi connectivity index (χ1v) is 6.19. The van der Waals surface area contributed by atoms with Crippen LogP contribution in [0.4, 0.5) is 0 Å². The summed E-state index contributed by atoms with van der Waals surface area (Å²) in [5.41, 5.74) is 5.97. The first-order chi connectivity index (χ1) is 9.54. The van der Waals surface area contributed by atoms with Crippen LogP contribution in [0.2, 0.25) is 0 Å². The van der Waals surface area contributed by atoms with Crippen LogP contribution in [0.1, 0.15) is 35.9 Å². The van der Waals surface area contributed by atoms with E-state index in [0.29, 0.717) is 0 Å². The van der Waals surface area contributed by atoms with Gasteiger partial charge in [-0.15, -0.1) is 0 Å². The van der Waals surface area contributed by atoms with Crippen molar-refractivity contribution in [1.82, 2.24) is 4.98 Å². The molecule has 1 aromatic heterocycles. The van der Waals surface area contributed by atoms with Crippen LogP contribution >= 0.6 is 0 Å². The van der Waals surface area contributed by atoms with Crippen LogP contribution in [0.5, 0.6) is 5.88 Å². The highest BCUT2D eigenvalue weighted by Crippen LogP contribution is 2.20. The average Bonchev–Trinajstić information content (AvgIpc) is 2.46. The van der Waals surface area contributed by atoms with E-state index >= 15 is 0 Å². The Balaban J connectivity index is 3.18. The summed E-state index contributed by atoms with van der Waals surface area (Å²) in [5.74, 6) is -1.02. The summed E-state index contributed by atoms with van der Waals surface area (Å²) in [4.78, 5) is 27.6. The third kappa shape index (κ3) is 3.67. The molecule has 2 N–H and O–H groups in total. The van der Waals surface area contributed by atoms with Gasteiger partial charge < -0.3 is 19.9 Å². The number of esters is 2. The Labute approximate surface area is 117 Å². The highest BCUT2D eigenvalue weighted by atomic mass is 16.5. The SMILES string of the molecule is CCOC(=O)c1ccc(OC)nc1C(N)C(=O)OCC. The number of carbonyl (C=O) groups excluding carboxylic acids is 2. The molecule has 7 heteroatoms. The molecule has 1 atom stereocenters. The molecule has 0 radical (unpaired) electrons. The van der Waals surface area contributed by atoms with Gasteiger partial charge in [0.1, 0.15) is 6.04 Å². The van der Waals surface area contributed by atoms with Gasteiger partial charge in [0.2, 0.25) is 5.88 Å². The summed E-state index contributed by atoms with van der Waals surface area (Å²) in [6.07, 6.45) is 0. The molecule has 0 aliphatic carbocycles. The van der Waals surface area contributed by atoms with Crippen molar-refractivity contribution in [2.45, 2.75) is 19.9 Å². The molecule has 0 spiro atoms. The molecule has 1 heterocycles. The van der Waals surface area contributed by atoms with Crippen molar-refractivity contribution in [3.05, 3.63) is 23.4 Å². The molecule has 0 fully saturated rings. The van der Waals surface area contributed by atoms with Crippen molar-refractivity contribution in [2.75, 3.05) is 20.3 Å². The molecule has 0 aliphatic heterocycles. The number of nitrogens with two attached hydrogens (primary N) is 1. The number of ether oxygens (including phenoxy) is 3. The third-order valence-corrected chi connectivity index (χ3v) is 2.44. The molecule has 0 amide bonds. The van der Waals surface area contributed by atoms with Gasteiger partial charge in [-0.3, -0.25) is 0 Å². The molecule has 1 unspecified atom stereocenters. The number of methoxy groups -OCH3 is 1.